The molecule has 0 N–H and O–H groups in total. The Hall–Kier alpha value is -3.67. The van der Waals surface area contributed by atoms with Crippen LogP contribution in [0.5, 0.6) is 0 Å². The van der Waals surface area contributed by atoms with Gasteiger partial charge < -0.3 is 4.90 Å². The molecule has 0 radical (unpaired) electrons. The fourth-order valence-corrected chi connectivity index (χ4v) is 5.45. The van der Waals surface area contributed by atoms with Crippen LogP contribution in [0.15, 0.2) is 89.4 Å². The highest BCUT2D eigenvalue weighted by molar-refractivity contribution is 9.10. The lowest BCUT2D eigenvalue weighted by molar-refractivity contribution is 0.0951. The van der Waals surface area contributed by atoms with Crippen LogP contribution in [-0.2, 0) is 0 Å². The van der Waals surface area contributed by atoms with E-state index in [0.29, 0.717) is 5.56 Å². The maximum Gasteiger partial charge on any atom is 0.185 e. The molecule has 0 spiro atoms. The van der Waals surface area contributed by atoms with Crippen molar-refractivity contribution in [3.63, 3.8) is 0 Å². The second-order valence-corrected chi connectivity index (χ2v) is 8.99. The molecule has 0 amide bonds. The van der Waals surface area contributed by atoms with Crippen LogP contribution >= 0.6 is 15.9 Å². The number of halogens is 1. The lowest BCUT2D eigenvalue weighted by Gasteiger charge is -2.35. The number of anilines is 1. The van der Waals surface area contributed by atoms with E-state index in [1.54, 1.807) is 12.1 Å². The van der Waals surface area contributed by atoms with Gasteiger partial charge in [0, 0.05) is 21.6 Å². The van der Waals surface area contributed by atoms with Crippen molar-refractivity contribution < 1.29 is 4.79 Å². The molecule has 3 aromatic rings. The fraction of sp³-hybridized carbons (Fsp3) is 0.148. The third-order valence-corrected chi connectivity index (χ3v) is 6.95. The predicted molar refractivity (Wildman–Crippen MR) is 127 cm³/mol. The van der Waals surface area contributed by atoms with E-state index in [4.69, 9.17) is 0 Å². The number of fused-ring (bicyclic) bond motifs is 3. The van der Waals surface area contributed by atoms with E-state index >= 15 is 0 Å². The van der Waals surface area contributed by atoms with Gasteiger partial charge in [0.15, 0.2) is 11.2 Å². The molecule has 0 aliphatic carbocycles. The fourth-order valence-electron chi connectivity index (χ4n) is 5.07. The first kappa shape index (κ1) is 20.2. The Balaban J connectivity index is 1.79. The van der Waals surface area contributed by atoms with Crippen LogP contribution in [-0.4, -0.2) is 17.9 Å². The minimum Gasteiger partial charge on any atom is -0.351 e. The van der Waals surface area contributed by atoms with E-state index in [1.807, 2.05) is 83.8 Å². The van der Waals surface area contributed by atoms with Crippen molar-refractivity contribution in [3.05, 3.63) is 106 Å². The Bertz CT molecular complexity index is 1290. The highest BCUT2D eigenvalue weighted by Crippen LogP contribution is 2.55. The van der Waals surface area contributed by atoms with E-state index in [2.05, 4.69) is 28.1 Å². The minimum absolute atomic E-state index is 0.0963. The molecule has 3 aromatic carbocycles. The summed E-state index contributed by atoms with van der Waals surface area (Å²) >= 11 is 3.52. The van der Waals surface area contributed by atoms with Crippen molar-refractivity contribution in [1.29, 1.82) is 10.5 Å². The summed E-state index contributed by atoms with van der Waals surface area (Å²) in [6, 6.07) is 27.9. The van der Waals surface area contributed by atoms with E-state index in [-0.39, 0.29) is 5.78 Å². The lowest BCUT2D eigenvalue weighted by Crippen LogP contribution is -2.44. The molecule has 1 fully saturated rings. The number of ketones is 1. The first-order valence-electron chi connectivity index (χ1n) is 10.3. The summed E-state index contributed by atoms with van der Waals surface area (Å²) < 4.78 is 0.927. The maximum atomic E-state index is 14.0. The topological polar surface area (TPSA) is 67.9 Å². The van der Waals surface area contributed by atoms with Crippen LogP contribution in [0, 0.1) is 28.1 Å². The summed E-state index contributed by atoms with van der Waals surface area (Å²) in [6.45, 7) is 0. The van der Waals surface area contributed by atoms with Crippen LogP contribution in [0.3, 0.4) is 0 Å². The maximum absolute atomic E-state index is 14.0. The van der Waals surface area contributed by atoms with Gasteiger partial charge in [0.2, 0.25) is 0 Å². The standard InChI is InChI=1S/C27H18BrN3O/c28-21-12-13-22-20(15-21)11-14-23-27(16-29,17-30)24(18-7-3-1-4-8-18)25(31(22)23)26(32)19-9-5-2-6-10-19/h1-15,23-25H/t23-,24+,25-/m0/s1. The van der Waals surface area contributed by atoms with Gasteiger partial charge in [-0.25, -0.2) is 0 Å². The highest BCUT2D eigenvalue weighted by atomic mass is 79.9. The lowest BCUT2D eigenvalue weighted by atomic mass is 9.69. The molecule has 1 saturated heterocycles. The van der Waals surface area contributed by atoms with Gasteiger partial charge in [0.1, 0.15) is 6.04 Å². The molecular weight excluding hydrogens is 462 g/mol. The Kier molecular flexibility index (Phi) is 4.93. The van der Waals surface area contributed by atoms with Gasteiger partial charge in [-0.2, -0.15) is 10.5 Å². The molecule has 2 aliphatic rings. The van der Waals surface area contributed by atoms with Gasteiger partial charge in [-0.15, -0.1) is 0 Å². The summed E-state index contributed by atoms with van der Waals surface area (Å²) in [7, 11) is 0. The van der Waals surface area contributed by atoms with Crippen LogP contribution < -0.4 is 4.90 Å². The molecule has 154 valence electrons. The van der Waals surface area contributed by atoms with Crippen molar-refractivity contribution in [2.24, 2.45) is 5.41 Å². The van der Waals surface area contributed by atoms with Gasteiger partial charge in [-0.3, -0.25) is 4.79 Å². The first-order chi connectivity index (χ1) is 15.6. The van der Waals surface area contributed by atoms with Crippen molar-refractivity contribution in [3.8, 4) is 12.1 Å². The molecule has 2 aliphatic heterocycles. The van der Waals surface area contributed by atoms with Crippen molar-refractivity contribution in [1.82, 2.24) is 0 Å². The van der Waals surface area contributed by atoms with Crippen molar-refractivity contribution in [2.75, 3.05) is 4.90 Å². The van der Waals surface area contributed by atoms with E-state index < -0.39 is 23.4 Å². The van der Waals surface area contributed by atoms with Gasteiger partial charge in [-0.1, -0.05) is 88.7 Å². The Morgan fingerprint density at radius 2 is 1.59 bits per heavy atom. The first-order valence-corrected chi connectivity index (χ1v) is 11.1. The second kappa shape index (κ2) is 7.79. The van der Waals surface area contributed by atoms with Gasteiger partial charge >= 0.3 is 0 Å². The normalized spacial score (nSPS) is 22.3. The third-order valence-electron chi connectivity index (χ3n) is 6.45. The van der Waals surface area contributed by atoms with Gasteiger partial charge in [-0.05, 0) is 29.3 Å². The van der Waals surface area contributed by atoms with E-state index in [0.717, 1.165) is 21.3 Å². The molecule has 2 heterocycles. The average molecular weight is 480 g/mol. The van der Waals surface area contributed by atoms with Crippen LogP contribution in [0.2, 0.25) is 0 Å². The SMILES string of the molecule is N#CC1(C#N)[C@H](c2ccccc2)[C@@H](C(=O)c2ccccc2)N2c3ccc(Br)cc3C=C[C@H]21. The van der Waals surface area contributed by atoms with Crippen LogP contribution in [0.1, 0.15) is 27.4 Å². The molecule has 0 saturated carbocycles. The monoisotopic (exact) mass is 479 g/mol. The number of Topliss-reactive ketones (excluding diaryl/α,β-unsaturated/α-hetero) is 1. The Morgan fingerprint density at radius 3 is 2.25 bits per heavy atom. The molecule has 0 bridgehead atoms. The van der Waals surface area contributed by atoms with E-state index in [9.17, 15) is 15.3 Å². The molecule has 5 heteroatoms. The molecule has 0 unspecified atom stereocenters. The Labute approximate surface area is 195 Å². The number of benzene rings is 3. The molecule has 4 nitrogen and oxygen atoms in total. The van der Waals surface area contributed by atoms with Crippen molar-refractivity contribution in [2.45, 2.75) is 18.0 Å². The molecule has 5 rings (SSSR count). The third kappa shape index (κ3) is 2.90. The summed E-state index contributed by atoms with van der Waals surface area (Å²) in [5.41, 5.74) is 1.75. The van der Waals surface area contributed by atoms with E-state index in [1.165, 1.54) is 0 Å². The zero-order chi connectivity index (χ0) is 22.3. The summed E-state index contributed by atoms with van der Waals surface area (Å²) in [5.74, 6) is -0.711. The number of hydrogen-bond acceptors (Lipinski definition) is 4. The number of hydrogen-bond donors (Lipinski definition) is 0. The highest BCUT2D eigenvalue weighted by Gasteiger charge is 2.63. The number of carbonyl (C=O) groups excluding carboxylic acids is 1. The van der Waals surface area contributed by atoms with Crippen molar-refractivity contribution >= 4 is 33.5 Å². The number of nitrogens with zero attached hydrogens (tertiary/aromatic N) is 3. The number of nitriles is 2. The number of rotatable bonds is 3. The largest absolute Gasteiger partial charge is 0.351 e. The minimum atomic E-state index is -1.42. The Morgan fingerprint density at radius 1 is 0.938 bits per heavy atom. The predicted octanol–water partition coefficient (Wildman–Crippen LogP) is 5.73. The summed E-state index contributed by atoms with van der Waals surface area (Å²) in [4.78, 5) is 16.0. The average Bonchev–Trinajstić information content (AvgIpc) is 3.15. The van der Waals surface area contributed by atoms with Gasteiger partial charge in [0.05, 0.1) is 18.2 Å². The second-order valence-electron chi connectivity index (χ2n) is 8.07. The molecule has 32 heavy (non-hydrogen) atoms. The quantitative estimate of drug-likeness (QED) is 0.449. The van der Waals surface area contributed by atoms with Crippen LogP contribution in [0.4, 0.5) is 5.69 Å². The number of carbonyl (C=O) groups is 1. The zero-order valence-electron chi connectivity index (χ0n) is 17.0. The summed E-state index contributed by atoms with van der Waals surface area (Å²) in [6.07, 6.45) is 3.84. The van der Waals surface area contributed by atoms with Gasteiger partial charge in [0.25, 0.3) is 0 Å². The summed E-state index contributed by atoms with van der Waals surface area (Å²) in [5, 5.41) is 20.8. The molecule has 3 atom stereocenters. The molecular formula is C27H18BrN3O. The van der Waals surface area contributed by atoms with Crippen LogP contribution in [0.25, 0.3) is 6.08 Å². The smallest absolute Gasteiger partial charge is 0.185 e. The zero-order valence-corrected chi connectivity index (χ0v) is 18.6. The molecule has 0 aromatic heterocycles.